The van der Waals surface area contributed by atoms with Crippen molar-refractivity contribution in [2.75, 3.05) is 33.2 Å². The highest BCUT2D eigenvalue weighted by atomic mass is 16.2. The SMILES string of the molecule is Cc1cc(C)n(CCNC(=O)[C@H]2CC3(CCNCC3)CN2C)c(=O)n1. The summed E-state index contributed by atoms with van der Waals surface area (Å²) < 4.78 is 1.61. The number of amides is 1. The minimum absolute atomic E-state index is 0.0629. The fraction of sp³-hybridized carbons (Fsp3) is 0.722. The first kappa shape index (κ1) is 18.1. The summed E-state index contributed by atoms with van der Waals surface area (Å²) in [7, 11) is 2.04. The standard InChI is InChI=1S/C18H29N5O2/c1-13-10-14(2)23(17(25)21-13)9-8-20-16(24)15-11-18(12-22(15)3)4-6-19-7-5-18/h10,15,19H,4-9,11-12H2,1-3H3,(H,20,24)/t15-/m1/s1. The molecule has 7 nitrogen and oxygen atoms in total. The molecule has 0 unspecified atom stereocenters. The van der Waals surface area contributed by atoms with Crippen molar-refractivity contribution in [1.29, 1.82) is 0 Å². The summed E-state index contributed by atoms with van der Waals surface area (Å²) >= 11 is 0. The van der Waals surface area contributed by atoms with E-state index in [-0.39, 0.29) is 23.1 Å². The maximum Gasteiger partial charge on any atom is 0.348 e. The van der Waals surface area contributed by atoms with Crippen LogP contribution in [0.25, 0.3) is 0 Å². The molecule has 3 rings (SSSR count). The van der Waals surface area contributed by atoms with Crippen LogP contribution >= 0.6 is 0 Å². The van der Waals surface area contributed by atoms with Gasteiger partial charge in [0.1, 0.15) is 0 Å². The average Bonchev–Trinajstić information content (AvgIpc) is 2.86. The first-order chi connectivity index (χ1) is 11.9. The van der Waals surface area contributed by atoms with Gasteiger partial charge in [-0.05, 0) is 64.7 Å². The molecule has 0 bridgehead atoms. The Bertz CT molecular complexity index is 693. The van der Waals surface area contributed by atoms with Gasteiger partial charge in [-0.1, -0.05) is 0 Å². The lowest BCUT2D eigenvalue weighted by molar-refractivity contribution is -0.125. The maximum absolute atomic E-state index is 12.6. The van der Waals surface area contributed by atoms with E-state index in [0.29, 0.717) is 13.1 Å². The van der Waals surface area contributed by atoms with E-state index in [4.69, 9.17) is 0 Å². The van der Waals surface area contributed by atoms with Crippen LogP contribution in [0.2, 0.25) is 0 Å². The van der Waals surface area contributed by atoms with Crippen molar-refractivity contribution in [2.24, 2.45) is 5.41 Å². The lowest BCUT2D eigenvalue weighted by Crippen LogP contribution is -2.43. The number of carbonyl (C=O) groups excluding carboxylic acids is 1. The predicted octanol–water partition coefficient (Wildman–Crippen LogP) is 0.0502. The molecule has 0 aromatic carbocycles. The van der Waals surface area contributed by atoms with Gasteiger partial charge in [0.15, 0.2) is 0 Å². The van der Waals surface area contributed by atoms with Gasteiger partial charge < -0.3 is 10.6 Å². The lowest BCUT2D eigenvalue weighted by Gasteiger charge is -2.33. The number of piperidine rings is 1. The molecule has 7 heteroatoms. The third kappa shape index (κ3) is 3.93. The number of likely N-dealkylation sites (N-methyl/N-ethyl adjacent to an activating group) is 1. The van der Waals surface area contributed by atoms with Crippen molar-refractivity contribution in [1.82, 2.24) is 25.1 Å². The van der Waals surface area contributed by atoms with E-state index in [1.54, 1.807) is 4.57 Å². The highest BCUT2D eigenvalue weighted by Gasteiger charge is 2.45. The first-order valence-corrected chi connectivity index (χ1v) is 9.14. The van der Waals surface area contributed by atoms with Gasteiger partial charge in [-0.25, -0.2) is 4.79 Å². The molecule has 2 fully saturated rings. The molecule has 2 aliphatic rings. The van der Waals surface area contributed by atoms with Gasteiger partial charge >= 0.3 is 5.69 Å². The fourth-order valence-electron chi connectivity index (χ4n) is 4.34. The summed E-state index contributed by atoms with van der Waals surface area (Å²) in [5.41, 5.74) is 1.63. The Labute approximate surface area is 148 Å². The minimum Gasteiger partial charge on any atom is -0.353 e. The Morgan fingerprint density at radius 2 is 2.12 bits per heavy atom. The fourth-order valence-corrected chi connectivity index (χ4v) is 4.34. The van der Waals surface area contributed by atoms with E-state index in [0.717, 1.165) is 50.3 Å². The number of rotatable bonds is 4. The molecular formula is C18H29N5O2. The zero-order valence-electron chi connectivity index (χ0n) is 15.5. The molecular weight excluding hydrogens is 318 g/mol. The highest BCUT2D eigenvalue weighted by Crippen LogP contribution is 2.41. The van der Waals surface area contributed by atoms with Crippen LogP contribution in [0.5, 0.6) is 0 Å². The number of nitrogens with zero attached hydrogens (tertiary/aromatic N) is 3. The molecule has 3 heterocycles. The van der Waals surface area contributed by atoms with Gasteiger partial charge in [-0.15, -0.1) is 0 Å². The average molecular weight is 347 g/mol. The summed E-state index contributed by atoms with van der Waals surface area (Å²) in [6, 6.07) is 1.82. The van der Waals surface area contributed by atoms with Gasteiger partial charge in [0.2, 0.25) is 5.91 Å². The first-order valence-electron chi connectivity index (χ1n) is 9.14. The largest absolute Gasteiger partial charge is 0.353 e. The van der Waals surface area contributed by atoms with Crippen LogP contribution in [0, 0.1) is 19.3 Å². The Kier molecular flexibility index (Phi) is 5.24. The van der Waals surface area contributed by atoms with Crippen molar-refractivity contribution in [2.45, 2.75) is 45.7 Å². The molecule has 138 valence electrons. The molecule has 2 saturated heterocycles. The highest BCUT2D eigenvalue weighted by molar-refractivity contribution is 5.82. The van der Waals surface area contributed by atoms with Crippen LogP contribution in [-0.2, 0) is 11.3 Å². The molecule has 1 atom stereocenters. The monoisotopic (exact) mass is 347 g/mol. The third-order valence-electron chi connectivity index (χ3n) is 5.69. The summed E-state index contributed by atoms with van der Waals surface area (Å²) in [6.45, 7) is 7.69. The summed E-state index contributed by atoms with van der Waals surface area (Å²) in [4.78, 5) is 30.7. The smallest absolute Gasteiger partial charge is 0.348 e. The van der Waals surface area contributed by atoms with Crippen LogP contribution in [0.1, 0.15) is 30.7 Å². The van der Waals surface area contributed by atoms with Crippen LogP contribution in [0.3, 0.4) is 0 Å². The zero-order chi connectivity index (χ0) is 18.0. The van der Waals surface area contributed by atoms with Gasteiger partial charge in [0.05, 0.1) is 6.04 Å². The van der Waals surface area contributed by atoms with Crippen molar-refractivity contribution < 1.29 is 4.79 Å². The van der Waals surface area contributed by atoms with E-state index < -0.39 is 0 Å². The number of carbonyl (C=O) groups is 1. The Morgan fingerprint density at radius 1 is 1.40 bits per heavy atom. The van der Waals surface area contributed by atoms with E-state index in [9.17, 15) is 9.59 Å². The molecule has 1 amide bonds. The van der Waals surface area contributed by atoms with Crippen LogP contribution in [-0.4, -0.2) is 59.6 Å². The van der Waals surface area contributed by atoms with Gasteiger partial charge in [0.25, 0.3) is 0 Å². The molecule has 1 aromatic rings. The molecule has 0 radical (unpaired) electrons. The number of likely N-dealkylation sites (tertiary alicyclic amines) is 1. The number of aryl methyl sites for hydroxylation is 2. The number of hydrogen-bond donors (Lipinski definition) is 2. The van der Waals surface area contributed by atoms with Crippen LogP contribution in [0.15, 0.2) is 10.9 Å². The molecule has 1 aromatic heterocycles. The third-order valence-corrected chi connectivity index (χ3v) is 5.69. The van der Waals surface area contributed by atoms with Crippen LogP contribution in [0.4, 0.5) is 0 Å². The second-order valence-corrected chi connectivity index (χ2v) is 7.65. The molecule has 25 heavy (non-hydrogen) atoms. The van der Waals surface area contributed by atoms with Gasteiger partial charge in [-0.3, -0.25) is 14.3 Å². The maximum atomic E-state index is 12.6. The number of nitrogens with one attached hydrogen (secondary N) is 2. The predicted molar refractivity (Wildman–Crippen MR) is 96.6 cm³/mol. The van der Waals surface area contributed by atoms with Gasteiger partial charge in [0, 0.05) is 31.0 Å². The summed E-state index contributed by atoms with van der Waals surface area (Å²) in [6.07, 6.45) is 3.22. The quantitative estimate of drug-likeness (QED) is 0.805. The number of aromatic nitrogens is 2. The number of hydrogen-bond acceptors (Lipinski definition) is 5. The van der Waals surface area contributed by atoms with E-state index in [2.05, 4.69) is 20.5 Å². The minimum atomic E-state index is -0.251. The second-order valence-electron chi connectivity index (χ2n) is 7.65. The van der Waals surface area contributed by atoms with Crippen molar-refractivity contribution in [3.63, 3.8) is 0 Å². The topological polar surface area (TPSA) is 79.3 Å². The Hall–Kier alpha value is -1.73. The zero-order valence-corrected chi connectivity index (χ0v) is 15.5. The summed E-state index contributed by atoms with van der Waals surface area (Å²) in [5.74, 6) is 0.0729. The molecule has 2 N–H and O–H groups in total. The lowest BCUT2D eigenvalue weighted by atomic mass is 9.77. The van der Waals surface area contributed by atoms with E-state index in [1.165, 1.54) is 0 Å². The Morgan fingerprint density at radius 3 is 2.80 bits per heavy atom. The van der Waals surface area contributed by atoms with E-state index >= 15 is 0 Å². The molecule has 0 aliphatic carbocycles. The molecule has 0 saturated carbocycles. The summed E-state index contributed by atoms with van der Waals surface area (Å²) in [5, 5.41) is 6.42. The van der Waals surface area contributed by atoms with Crippen molar-refractivity contribution in [3.05, 3.63) is 27.9 Å². The van der Waals surface area contributed by atoms with Crippen molar-refractivity contribution >= 4 is 5.91 Å². The van der Waals surface area contributed by atoms with Gasteiger partial charge in [-0.2, -0.15) is 4.98 Å². The normalized spacial score (nSPS) is 23.1. The molecule has 1 spiro atoms. The molecule has 2 aliphatic heterocycles. The second kappa shape index (κ2) is 7.25. The van der Waals surface area contributed by atoms with Crippen LogP contribution < -0.4 is 16.3 Å². The van der Waals surface area contributed by atoms with Crippen molar-refractivity contribution in [3.8, 4) is 0 Å². The Balaban J connectivity index is 1.55. The van der Waals surface area contributed by atoms with E-state index in [1.807, 2.05) is 27.0 Å².